The molecule has 0 aliphatic carbocycles. The van der Waals surface area contributed by atoms with Crippen molar-refractivity contribution in [3.8, 4) is 0 Å². The minimum Gasteiger partial charge on any atom is -0.356 e. The Bertz CT molecular complexity index is 920. The first-order chi connectivity index (χ1) is 16.1. The molecule has 6 nitrogen and oxygen atoms in total. The summed E-state index contributed by atoms with van der Waals surface area (Å²) in [5.74, 6) is 1.64. The largest absolute Gasteiger partial charge is 0.356 e. The van der Waals surface area contributed by atoms with Gasteiger partial charge in [0, 0.05) is 49.6 Å². The maximum absolute atomic E-state index is 12.5. The first-order valence-electron chi connectivity index (χ1n) is 12.1. The van der Waals surface area contributed by atoms with Gasteiger partial charge >= 0.3 is 0 Å². The van der Waals surface area contributed by atoms with E-state index in [0.29, 0.717) is 28.5 Å². The van der Waals surface area contributed by atoms with Gasteiger partial charge in [0.1, 0.15) is 11.0 Å². The second-order valence-corrected chi connectivity index (χ2v) is 10.3. The minimum atomic E-state index is -0.00525. The molecule has 2 aliphatic rings. The van der Waals surface area contributed by atoms with E-state index in [1.165, 1.54) is 38.6 Å². The third kappa shape index (κ3) is 7.08. The fourth-order valence-corrected chi connectivity index (χ4v) is 5.57. The molecule has 0 saturated carbocycles. The highest BCUT2D eigenvalue weighted by Gasteiger charge is 2.18. The number of hydrogen-bond donors (Lipinski definition) is 1. The van der Waals surface area contributed by atoms with E-state index in [4.69, 9.17) is 11.6 Å². The van der Waals surface area contributed by atoms with E-state index in [1.807, 2.05) is 30.3 Å². The van der Waals surface area contributed by atoms with Gasteiger partial charge in [0.25, 0.3) is 5.91 Å². The molecule has 0 spiro atoms. The summed E-state index contributed by atoms with van der Waals surface area (Å²) in [5, 5.41) is 4.23. The maximum Gasteiger partial charge on any atom is 0.251 e. The molecule has 0 bridgehead atoms. The van der Waals surface area contributed by atoms with E-state index in [9.17, 15) is 4.79 Å². The molecule has 1 unspecified atom stereocenters. The highest BCUT2D eigenvalue weighted by molar-refractivity contribution is 7.98. The summed E-state index contributed by atoms with van der Waals surface area (Å²) in [6.45, 7) is 7.32. The molecule has 1 aromatic carbocycles. The lowest BCUT2D eigenvalue weighted by molar-refractivity contribution is 0.0949. The SMILES string of the molecule is CC1CCCCN1CCCNC(=O)c1ccc(CSc2nc(Cl)cc(N3CCCC3)n2)cc1. The lowest BCUT2D eigenvalue weighted by Gasteiger charge is -2.33. The summed E-state index contributed by atoms with van der Waals surface area (Å²) < 4.78 is 0. The van der Waals surface area contributed by atoms with Gasteiger partial charge in [-0.05, 0) is 63.3 Å². The average molecular weight is 488 g/mol. The zero-order valence-electron chi connectivity index (χ0n) is 19.4. The van der Waals surface area contributed by atoms with Crippen molar-refractivity contribution < 1.29 is 4.79 Å². The second kappa shape index (κ2) is 12.0. The fraction of sp³-hybridized carbons (Fsp3) is 0.560. The van der Waals surface area contributed by atoms with Crippen LogP contribution in [0.4, 0.5) is 5.82 Å². The monoisotopic (exact) mass is 487 g/mol. The number of anilines is 1. The molecule has 2 aliphatic heterocycles. The molecule has 178 valence electrons. The van der Waals surface area contributed by atoms with Crippen LogP contribution >= 0.6 is 23.4 Å². The number of halogens is 1. The summed E-state index contributed by atoms with van der Waals surface area (Å²) in [5.41, 5.74) is 1.83. The van der Waals surface area contributed by atoms with Crippen LogP contribution in [0, 0.1) is 0 Å². The van der Waals surface area contributed by atoms with Crippen molar-refractivity contribution in [3.05, 3.63) is 46.6 Å². The molecule has 1 atom stereocenters. The van der Waals surface area contributed by atoms with E-state index >= 15 is 0 Å². The molecule has 0 radical (unpaired) electrons. The van der Waals surface area contributed by atoms with Crippen LogP contribution < -0.4 is 10.2 Å². The first kappa shape index (κ1) is 24.3. The Balaban J connectivity index is 1.22. The molecule has 2 aromatic rings. The van der Waals surface area contributed by atoms with Crippen molar-refractivity contribution in [1.29, 1.82) is 0 Å². The standard InChI is InChI=1S/C25H34ClN5OS/c1-19-7-2-3-13-30(19)16-6-12-27-24(32)21-10-8-20(9-11-21)18-33-25-28-22(26)17-23(29-25)31-14-4-5-15-31/h8-11,17,19H,2-7,12-16,18H2,1H3,(H,27,32). The molecule has 2 fully saturated rings. The number of carbonyl (C=O) groups is 1. The quantitative estimate of drug-likeness (QED) is 0.232. The zero-order valence-corrected chi connectivity index (χ0v) is 21.0. The molecular formula is C25H34ClN5OS. The van der Waals surface area contributed by atoms with Crippen molar-refractivity contribution in [2.24, 2.45) is 0 Å². The van der Waals surface area contributed by atoms with Gasteiger partial charge in [0.15, 0.2) is 5.16 Å². The number of rotatable bonds is 9. The molecule has 1 N–H and O–H groups in total. The number of aromatic nitrogens is 2. The normalized spacial score (nSPS) is 19.1. The van der Waals surface area contributed by atoms with Gasteiger partial charge in [-0.3, -0.25) is 4.79 Å². The topological polar surface area (TPSA) is 61.4 Å². The highest BCUT2D eigenvalue weighted by Crippen LogP contribution is 2.26. The number of nitrogens with one attached hydrogen (secondary N) is 1. The molecular weight excluding hydrogens is 454 g/mol. The smallest absolute Gasteiger partial charge is 0.251 e. The molecule has 8 heteroatoms. The Hall–Kier alpha value is -1.83. The third-order valence-corrected chi connectivity index (χ3v) is 7.64. The lowest BCUT2D eigenvalue weighted by atomic mass is 10.0. The van der Waals surface area contributed by atoms with Gasteiger partial charge in [-0.1, -0.05) is 41.9 Å². The van der Waals surface area contributed by atoms with Gasteiger partial charge in [-0.2, -0.15) is 0 Å². The second-order valence-electron chi connectivity index (χ2n) is 9.00. The van der Waals surface area contributed by atoms with Gasteiger partial charge in [0.2, 0.25) is 0 Å². The van der Waals surface area contributed by atoms with E-state index < -0.39 is 0 Å². The zero-order chi connectivity index (χ0) is 23.0. The number of thioether (sulfide) groups is 1. The Kier molecular flexibility index (Phi) is 8.87. The van der Waals surface area contributed by atoms with Gasteiger partial charge < -0.3 is 15.1 Å². The van der Waals surface area contributed by atoms with Crippen LogP contribution in [0.5, 0.6) is 0 Å². The average Bonchev–Trinajstić information content (AvgIpc) is 3.37. The van der Waals surface area contributed by atoms with Gasteiger partial charge in [-0.15, -0.1) is 0 Å². The van der Waals surface area contributed by atoms with Crippen LogP contribution in [-0.2, 0) is 5.75 Å². The Morgan fingerprint density at radius 1 is 1.12 bits per heavy atom. The maximum atomic E-state index is 12.5. The van der Waals surface area contributed by atoms with E-state index in [2.05, 4.69) is 32.0 Å². The first-order valence-corrected chi connectivity index (χ1v) is 13.5. The Morgan fingerprint density at radius 2 is 1.88 bits per heavy atom. The summed E-state index contributed by atoms with van der Waals surface area (Å²) in [6, 6.07) is 10.3. The van der Waals surface area contributed by atoms with Crippen molar-refractivity contribution in [1.82, 2.24) is 20.2 Å². The van der Waals surface area contributed by atoms with E-state index in [0.717, 1.165) is 43.2 Å². The number of carbonyl (C=O) groups excluding carboxylic acids is 1. The number of amides is 1. The van der Waals surface area contributed by atoms with Crippen molar-refractivity contribution in [3.63, 3.8) is 0 Å². The van der Waals surface area contributed by atoms with Crippen LogP contribution in [0.15, 0.2) is 35.5 Å². The number of piperidine rings is 1. The molecule has 2 saturated heterocycles. The lowest BCUT2D eigenvalue weighted by Crippen LogP contribution is -2.39. The van der Waals surface area contributed by atoms with Crippen LogP contribution in [0.1, 0.15) is 61.4 Å². The van der Waals surface area contributed by atoms with Gasteiger partial charge in [0.05, 0.1) is 0 Å². The number of nitrogens with zero attached hydrogens (tertiary/aromatic N) is 4. The predicted octanol–water partition coefficient (Wildman–Crippen LogP) is 5.02. The van der Waals surface area contributed by atoms with E-state index in [1.54, 1.807) is 11.8 Å². The summed E-state index contributed by atoms with van der Waals surface area (Å²) >= 11 is 7.80. The predicted molar refractivity (Wildman–Crippen MR) is 136 cm³/mol. The molecule has 3 heterocycles. The molecule has 4 rings (SSSR count). The number of benzene rings is 1. The van der Waals surface area contributed by atoms with Gasteiger partial charge in [-0.25, -0.2) is 9.97 Å². The van der Waals surface area contributed by atoms with Crippen LogP contribution in [0.2, 0.25) is 5.15 Å². The molecule has 1 aromatic heterocycles. The number of likely N-dealkylation sites (tertiary alicyclic amines) is 1. The van der Waals surface area contributed by atoms with Crippen molar-refractivity contribution >= 4 is 35.1 Å². The Morgan fingerprint density at radius 3 is 2.64 bits per heavy atom. The fourth-order valence-electron chi connectivity index (χ4n) is 4.53. The summed E-state index contributed by atoms with van der Waals surface area (Å²) in [7, 11) is 0. The van der Waals surface area contributed by atoms with E-state index in [-0.39, 0.29) is 5.91 Å². The van der Waals surface area contributed by atoms with Crippen molar-refractivity contribution in [2.45, 2.75) is 62.4 Å². The summed E-state index contributed by atoms with van der Waals surface area (Å²) in [6.07, 6.45) is 7.31. The Labute approximate surface area is 206 Å². The highest BCUT2D eigenvalue weighted by atomic mass is 35.5. The minimum absolute atomic E-state index is 0.00525. The van der Waals surface area contributed by atoms with Crippen molar-refractivity contribution in [2.75, 3.05) is 37.6 Å². The number of hydrogen-bond acceptors (Lipinski definition) is 6. The van der Waals surface area contributed by atoms with Crippen LogP contribution in [0.3, 0.4) is 0 Å². The van der Waals surface area contributed by atoms with Crippen LogP contribution in [0.25, 0.3) is 0 Å². The third-order valence-electron chi connectivity index (χ3n) is 6.52. The molecule has 33 heavy (non-hydrogen) atoms. The van der Waals surface area contributed by atoms with Crippen LogP contribution in [-0.4, -0.2) is 59.5 Å². The summed E-state index contributed by atoms with van der Waals surface area (Å²) in [4.78, 5) is 26.3. The molecule has 1 amide bonds.